The summed E-state index contributed by atoms with van der Waals surface area (Å²) in [5, 5.41) is 7.87. The summed E-state index contributed by atoms with van der Waals surface area (Å²) in [5.41, 5.74) is 8.45. The van der Waals surface area contributed by atoms with Crippen molar-refractivity contribution in [2.24, 2.45) is 0 Å². The zero-order chi connectivity index (χ0) is 11.7. The van der Waals surface area contributed by atoms with Gasteiger partial charge in [-0.25, -0.2) is 4.98 Å². The van der Waals surface area contributed by atoms with Gasteiger partial charge in [-0.2, -0.15) is 10.2 Å². The van der Waals surface area contributed by atoms with Crippen LogP contribution in [0.15, 0.2) is 36.8 Å². The van der Waals surface area contributed by atoms with E-state index in [0.29, 0.717) is 12.5 Å². The lowest BCUT2D eigenvalue weighted by Gasteiger charge is -2.04. The predicted octanol–water partition coefficient (Wildman–Crippen LogP) is 0.852. The van der Waals surface area contributed by atoms with Crippen LogP contribution in [0, 0.1) is 0 Å². The first-order valence-corrected chi connectivity index (χ1v) is 5.17. The number of hydrogen-bond donors (Lipinski definition) is 1. The molecule has 0 unspecified atom stereocenters. The van der Waals surface area contributed by atoms with Crippen LogP contribution in [-0.2, 0) is 6.54 Å². The second kappa shape index (κ2) is 3.82. The number of hydrogen-bond acceptors (Lipinski definition) is 5. The van der Waals surface area contributed by atoms with E-state index < -0.39 is 0 Å². The van der Waals surface area contributed by atoms with Crippen LogP contribution in [-0.4, -0.2) is 24.7 Å². The minimum Gasteiger partial charge on any atom is -0.369 e. The molecule has 3 aromatic heterocycles. The molecule has 0 fully saturated rings. The SMILES string of the molecule is Nc1nc2cnccc2n1Cc1cccnn1. The molecule has 0 aromatic carbocycles. The molecule has 3 rings (SSSR count). The van der Waals surface area contributed by atoms with Crippen molar-refractivity contribution >= 4 is 17.0 Å². The van der Waals surface area contributed by atoms with E-state index in [2.05, 4.69) is 20.2 Å². The van der Waals surface area contributed by atoms with E-state index in [-0.39, 0.29) is 0 Å². The van der Waals surface area contributed by atoms with E-state index >= 15 is 0 Å². The van der Waals surface area contributed by atoms with Gasteiger partial charge in [0, 0.05) is 12.4 Å². The van der Waals surface area contributed by atoms with Gasteiger partial charge in [-0.15, -0.1) is 0 Å². The summed E-state index contributed by atoms with van der Waals surface area (Å²) in [4.78, 5) is 8.25. The second-order valence-corrected chi connectivity index (χ2v) is 3.64. The molecule has 6 nitrogen and oxygen atoms in total. The van der Waals surface area contributed by atoms with Crippen LogP contribution >= 0.6 is 0 Å². The van der Waals surface area contributed by atoms with Crippen LogP contribution in [0.1, 0.15) is 5.69 Å². The van der Waals surface area contributed by atoms with Gasteiger partial charge in [0.05, 0.1) is 24.0 Å². The highest BCUT2D eigenvalue weighted by Gasteiger charge is 2.08. The zero-order valence-corrected chi connectivity index (χ0v) is 8.98. The van der Waals surface area contributed by atoms with Gasteiger partial charge in [0.2, 0.25) is 5.95 Å². The monoisotopic (exact) mass is 226 g/mol. The third-order valence-electron chi connectivity index (χ3n) is 2.53. The van der Waals surface area contributed by atoms with Gasteiger partial charge in [-0.3, -0.25) is 4.98 Å². The Balaban J connectivity index is 2.08. The quantitative estimate of drug-likeness (QED) is 0.700. The highest BCUT2D eigenvalue weighted by molar-refractivity contribution is 5.77. The molecule has 0 spiro atoms. The van der Waals surface area contributed by atoms with Crippen LogP contribution in [0.4, 0.5) is 5.95 Å². The van der Waals surface area contributed by atoms with Crippen LogP contribution in [0.3, 0.4) is 0 Å². The Hall–Kier alpha value is -2.50. The van der Waals surface area contributed by atoms with Gasteiger partial charge in [0.1, 0.15) is 5.52 Å². The van der Waals surface area contributed by atoms with E-state index in [1.807, 2.05) is 22.8 Å². The maximum atomic E-state index is 5.88. The fourth-order valence-corrected chi connectivity index (χ4v) is 1.75. The largest absolute Gasteiger partial charge is 0.369 e. The van der Waals surface area contributed by atoms with Crippen molar-refractivity contribution in [1.29, 1.82) is 0 Å². The number of fused-ring (bicyclic) bond motifs is 1. The van der Waals surface area contributed by atoms with E-state index in [0.717, 1.165) is 16.7 Å². The number of nitrogen functional groups attached to an aromatic ring is 1. The van der Waals surface area contributed by atoms with E-state index in [1.54, 1.807) is 18.6 Å². The Morgan fingerprint density at radius 3 is 3.00 bits per heavy atom. The van der Waals surface area contributed by atoms with Gasteiger partial charge in [-0.1, -0.05) is 0 Å². The molecule has 0 aliphatic rings. The van der Waals surface area contributed by atoms with Crippen molar-refractivity contribution in [2.45, 2.75) is 6.54 Å². The average molecular weight is 226 g/mol. The smallest absolute Gasteiger partial charge is 0.201 e. The van der Waals surface area contributed by atoms with E-state index in [9.17, 15) is 0 Å². The molecular formula is C11H10N6. The summed E-state index contributed by atoms with van der Waals surface area (Å²) in [7, 11) is 0. The maximum Gasteiger partial charge on any atom is 0.201 e. The molecule has 3 heterocycles. The summed E-state index contributed by atoms with van der Waals surface area (Å²) in [6, 6.07) is 5.63. The zero-order valence-electron chi connectivity index (χ0n) is 8.98. The molecule has 0 atom stereocenters. The Morgan fingerprint density at radius 2 is 2.18 bits per heavy atom. The normalized spacial score (nSPS) is 10.8. The molecule has 0 aliphatic carbocycles. The summed E-state index contributed by atoms with van der Waals surface area (Å²) in [5.74, 6) is 0.457. The number of nitrogens with two attached hydrogens (primary N) is 1. The Kier molecular flexibility index (Phi) is 2.18. The average Bonchev–Trinajstić information content (AvgIpc) is 2.68. The lowest BCUT2D eigenvalue weighted by molar-refractivity contribution is 0.782. The highest BCUT2D eigenvalue weighted by atomic mass is 15.2. The van der Waals surface area contributed by atoms with Crippen LogP contribution in [0.2, 0.25) is 0 Å². The molecule has 2 N–H and O–H groups in total. The fraction of sp³-hybridized carbons (Fsp3) is 0.0909. The lowest BCUT2D eigenvalue weighted by atomic mass is 10.3. The molecule has 0 saturated carbocycles. The molecule has 6 heteroatoms. The Bertz CT molecular complexity index is 645. The van der Waals surface area contributed by atoms with Crippen molar-refractivity contribution in [3.05, 3.63) is 42.5 Å². The molecule has 0 amide bonds. The standard InChI is InChI=1S/C11H10N6/c12-11-15-9-6-13-5-3-10(9)17(11)7-8-2-1-4-14-16-8/h1-6H,7H2,(H2,12,15). The van der Waals surface area contributed by atoms with Crippen molar-refractivity contribution in [3.8, 4) is 0 Å². The molecular weight excluding hydrogens is 216 g/mol. The van der Waals surface area contributed by atoms with Gasteiger partial charge >= 0.3 is 0 Å². The lowest BCUT2D eigenvalue weighted by Crippen LogP contribution is -2.06. The molecule has 3 aromatic rings. The molecule has 0 bridgehead atoms. The first kappa shape index (κ1) is 9.71. The molecule has 17 heavy (non-hydrogen) atoms. The summed E-state index contributed by atoms with van der Waals surface area (Å²) < 4.78 is 1.89. The molecule has 0 radical (unpaired) electrons. The van der Waals surface area contributed by atoms with Crippen LogP contribution in [0.5, 0.6) is 0 Å². The Labute approximate surface area is 97.1 Å². The number of anilines is 1. The number of rotatable bonds is 2. The first-order valence-electron chi connectivity index (χ1n) is 5.17. The van der Waals surface area contributed by atoms with Crippen molar-refractivity contribution in [2.75, 3.05) is 5.73 Å². The third-order valence-corrected chi connectivity index (χ3v) is 2.53. The fourth-order valence-electron chi connectivity index (χ4n) is 1.75. The van der Waals surface area contributed by atoms with Gasteiger partial charge in [-0.05, 0) is 18.2 Å². The van der Waals surface area contributed by atoms with Gasteiger partial charge in [0.15, 0.2) is 0 Å². The van der Waals surface area contributed by atoms with Crippen molar-refractivity contribution in [3.63, 3.8) is 0 Å². The third kappa shape index (κ3) is 1.69. The summed E-state index contributed by atoms with van der Waals surface area (Å²) >= 11 is 0. The Morgan fingerprint density at radius 1 is 1.24 bits per heavy atom. The maximum absolute atomic E-state index is 5.88. The minimum atomic E-state index is 0.457. The topological polar surface area (TPSA) is 82.5 Å². The number of imidazole rings is 1. The molecule has 0 saturated heterocycles. The van der Waals surface area contributed by atoms with Gasteiger partial charge < -0.3 is 10.3 Å². The predicted molar refractivity (Wildman–Crippen MR) is 63.1 cm³/mol. The number of aromatic nitrogens is 5. The van der Waals surface area contributed by atoms with Crippen LogP contribution in [0.25, 0.3) is 11.0 Å². The van der Waals surface area contributed by atoms with Crippen molar-refractivity contribution < 1.29 is 0 Å². The number of nitrogens with zero attached hydrogens (tertiary/aromatic N) is 5. The molecule has 0 aliphatic heterocycles. The second-order valence-electron chi connectivity index (χ2n) is 3.64. The van der Waals surface area contributed by atoms with Crippen LogP contribution < -0.4 is 5.73 Å². The summed E-state index contributed by atoms with van der Waals surface area (Å²) in [6.45, 7) is 0.556. The van der Waals surface area contributed by atoms with Crippen molar-refractivity contribution in [1.82, 2.24) is 24.7 Å². The first-order chi connectivity index (χ1) is 8.34. The van der Waals surface area contributed by atoms with E-state index in [4.69, 9.17) is 5.73 Å². The minimum absolute atomic E-state index is 0.457. The van der Waals surface area contributed by atoms with E-state index in [1.165, 1.54) is 0 Å². The number of pyridine rings is 1. The highest BCUT2D eigenvalue weighted by Crippen LogP contribution is 2.17. The van der Waals surface area contributed by atoms with Gasteiger partial charge in [0.25, 0.3) is 0 Å². The molecule has 84 valence electrons. The summed E-state index contributed by atoms with van der Waals surface area (Å²) in [6.07, 6.45) is 5.05.